The molecule has 2 rings (SSSR count). The van der Waals surface area contributed by atoms with Crippen LogP contribution in [0.15, 0.2) is 36.4 Å². The van der Waals surface area contributed by atoms with Gasteiger partial charge in [0.2, 0.25) is 0 Å². The summed E-state index contributed by atoms with van der Waals surface area (Å²) in [7, 11) is 1.59. The zero-order valence-corrected chi connectivity index (χ0v) is 12.7. The van der Waals surface area contributed by atoms with Crippen LogP contribution in [0.25, 0.3) is 0 Å². The first kappa shape index (κ1) is 15.4. The number of ether oxygens (including phenoxy) is 2. The van der Waals surface area contributed by atoms with Gasteiger partial charge in [0.15, 0.2) is 11.5 Å². The van der Waals surface area contributed by atoms with Crippen molar-refractivity contribution in [3.63, 3.8) is 0 Å². The van der Waals surface area contributed by atoms with Crippen LogP contribution in [0, 0.1) is 5.82 Å². The van der Waals surface area contributed by atoms with E-state index in [1.54, 1.807) is 19.2 Å². The second kappa shape index (κ2) is 7.18. The summed E-state index contributed by atoms with van der Waals surface area (Å²) >= 11 is 5.73. The van der Waals surface area contributed by atoms with Crippen LogP contribution in [0.1, 0.15) is 12.5 Å². The zero-order valence-electron chi connectivity index (χ0n) is 12.0. The van der Waals surface area contributed by atoms with Crippen molar-refractivity contribution in [2.24, 2.45) is 0 Å². The second-order valence-electron chi connectivity index (χ2n) is 4.39. The minimum absolute atomic E-state index is 0.325. The van der Waals surface area contributed by atoms with Crippen molar-refractivity contribution < 1.29 is 13.9 Å². The minimum Gasteiger partial charge on any atom is -0.493 e. The van der Waals surface area contributed by atoms with Crippen molar-refractivity contribution in [1.82, 2.24) is 0 Å². The molecule has 0 fully saturated rings. The lowest BCUT2D eigenvalue weighted by Crippen LogP contribution is -2.03. The van der Waals surface area contributed by atoms with E-state index < -0.39 is 0 Å². The SMILES string of the molecule is CCOc1cc(NCc2ccc(Cl)cc2F)ccc1OC. The van der Waals surface area contributed by atoms with Gasteiger partial charge in [-0.15, -0.1) is 0 Å². The van der Waals surface area contributed by atoms with Crippen molar-refractivity contribution in [3.05, 3.63) is 52.8 Å². The molecule has 0 bridgehead atoms. The third-order valence-electron chi connectivity index (χ3n) is 2.96. The number of benzene rings is 2. The summed E-state index contributed by atoms with van der Waals surface area (Å²) in [6, 6.07) is 10.1. The van der Waals surface area contributed by atoms with E-state index in [4.69, 9.17) is 21.1 Å². The first-order valence-corrected chi connectivity index (χ1v) is 7.00. The van der Waals surface area contributed by atoms with E-state index in [1.807, 2.05) is 25.1 Å². The molecule has 21 heavy (non-hydrogen) atoms. The van der Waals surface area contributed by atoms with E-state index in [0.29, 0.717) is 35.2 Å². The Labute approximate surface area is 128 Å². The van der Waals surface area contributed by atoms with Gasteiger partial charge in [0.25, 0.3) is 0 Å². The molecule has 0 heterocycles. The molecule has 0 radical (unpaired) electrons. The van der Waals surface area contributed by atoms with E-state index in [-0.39, 0.29) is 5.82 Å². The van der Waals surface area contributed by atoms with Gasteiger partial charge >= 0.3 is 0 Å². The summed E-state index contributed by atoms with van der Waals surface area (Å²) in [4.78, 5) is 0. The molecule has 0 aliphatic carbocycles. The molecule has 0 aromatic heterocycles. The van der Waals surface area contributed by atoms with Crippen molar-refractivity contribution in [2.45, 2.75) is 13.5 Å². The Morgan fingerprint density at radius 3 is 2.62 bits per heavy atom. The maximum absolute atomic E-state index is 13.7. The molecule has 5 heteroatoms. The van der Waals surface area contributed by atoms with Crippen LogP contribution >= 0.6 is 11.6 Å². The third kappa shape index (κ3) is 4.02. The molecule has 0 saturated carbocycles. The van der Waals surface area contributed by atoms with Crippen molar-refractivity contribution in [1.29, 1.82) is 0 Å². The average Bonchev–Trinajstić information content (AvgIpc) is 2.47. The summed E-state index contributed by atoms with van der Waals surface area (Å²) in [6.45, 7) is 2.81. The van der Waals surface area contributed by atoms with Gasteiger partial charge in [0.05, 0.1) is 13.7 Å². The molecule has 2 aromatic rings. The highest BCUT2D eigenvalue weighted by atomic mass is 35.5. The second-order valence-corrected chi connectivity index (χ2v) is 4.82. The highest BCUT2D eigenvalue weighted by Crippen LogP contribution is 2.30. The van der Waals surface area contributed by atoms with E-state index in [0.717, 1.165) is 5.69 Å². The molecular weight excluding hydrogens is 293 g/mol. The molecule has 2 aromatic carbocycles. The topological polar surface area (TPSA) is 30.5 Å². The molecule has 0 atom stereocenters. The fourth-order valence-electron chi connectivity index (χ4n) is 1.92. The Hall–Kier alpha value is -1.94. The maximum Gasteiger partial charge on any atom is 0.163 e. The van der Waals surface area contributed by atoms with Crippen LogP contribution < -0.4 is 14.8 Å². The smallest absolute Gasteiger partial charge is 0.163 e. The van der Waals surface area contributed by atoms with E-state index >= 15 is 0 Å². The van der Waals surface area contributed by atoms with Crippen LogP contribution in [0.3, 0.4) is 0 Å². The zero-order chi connectivity index (χ0) is 15.2. The number of hydrogen-bond donors (Lipinski definition) is 1. The molecule has 3 nitrogen and oxygen atoms in total. The Bertz CT molecular complexity index is 619. The number of nitrogens with one attached hydrogen (secondary N) is 1. The van der Waals surface area contributed by atoms with Gasteiger partial charge in [-0.3, -0.25) is 0 Å². The predicted molar refractivity (Wildman–Crippen MR) is 82.9 cm³/mol. The quantitative estimate of drug-likeness (QED) is 0.852. The third-order valence-corrected chi connectivity index (χ3v) is 3.20. The number of methoxy groups -OCH3 is 1. The van der Waals surface area contributed by atoms with Gasteiger partial charge in [0.1, 0.15) is 5.82 Å². The van der Waals surface area contributed by atoms with Gasteiger partial charge in [-0.05, 0) is 31.2 Å². The molecular formula is C16H17ClFNO2. The molecule has 112 valence electrons. The van der Waals surface area contributed by atoms with Crippen LogP contribution in [0.2, 0.25) is 5.02 Å². The molecule has 0 unspecified atom stereocenters. The number of halogens is 2. The maximum atomic E-state index is 13.7. The average molecular weight is 310 g/mol. The van der Waals surface area contributed by atoms with Crippen LogP contribution in [0.5, 0.6) is 11.5 Å². The van der Waals surface area contributed by atoms with E-state index in [2.05, 4.69) is 5.32 Å². The monoisotopic (exact) mass is 309 g/mol. The fraction of sp³-hybridized carbons (Fsp3) is 0.250. The lowest BCUT2D eigenvalue weighted by atomic mass is 10.2. The summed E-state index contributed by atoms with van der Waals surface area (Å²) in [5.41, 5.74) is 1.38. The standard InChI is InChI=1S/C16H17ClFNO2/c1-3-21-16-9-13(6-7-15(16)20-2)19-10-11-4-5-12(17)8-14(11)18/h4-9,19H,3,10H2,1-2H3. The van der Waals surface area contributed by atoms with Gasteiger partial charge in [0, 0.05) is 28.9 Å². The highest BCUT2D eigenvalue weighted by Gasteiger charge is 2.07. The van der Waals surface area contributed by atoms with Gasteiger partial charge in [-0.2, -0.15) is 0 Å². The van der Waals surface area contributed by atoms with Gasteiger partial charge in [-0.25, -0.2) is 4.39 Å². The molecule has 0 spiro atoms. The normalized spacial score (nSPS) is 10.3. The van der Waals surface area contributed by atoms with Crippen molar-refractivity contribution in [2.75, 3.05) is 19.0 Å². The van der Waals surface area contributed by atoms with Crippen LogP contribution in [-0.2, 0) is 6.54 Å². The largest absolute Gasteiger partial charge is 0.493 e. The van der Waals surface area contributed by atoms with Crippen molar-refractivity contribution in [3.8, 4) is 11.5 Å². The van der Waals surface area contributed by atoms with Crippen LogP contribution in [-0.4, -0.2) is 13.7 Å². The lowest BCUT2D eigenvalue weighted by Gasteiger charge is -2.12. The van der Waals surface area contributed by atoms with E-state index in [1.165, 1.54) is 6.07 Å². The molecule has 0 aliphatic heterocycles. The number of rotatable bonds is 6. The Balaban J connectivity index is 2.10. The summed E-state index contributed by atoms with van der Waals surface area (Å²) in [5, 5.41) is 3.54. The highest BCUT2D eigenvalue weighted by molar-refractivity contribution is 6.30. The number of hydrogen-bond acceptors (Lipinski definition) is 3. The Morgan fingerprint density at radius 2 is 1.95 bits per heavy atom. The Kier molecular flexibility index (Phi) is 5.28. The Morgan fingerprint density at radius 1 is 1.14 bits per heavy atom. The van der Waals surface area contributed by atoms with Crippen LogP contribution in [0.4, 0.5) is 10.1 Å². The van der Waals surface area contributed by atoms with Crippen molar-refractivity contribution >= 4 is 17.3 Å². The summed E-state index contributed by atoms with van der Waals surface area (Å²) < 4.78 is 24.4. The summed E-state index contributed by atoms with van der Waals surface area (Å²) in [5.74, 6) is 0.996. The fourth-order valence-corrected chi connectivity index (χ4v) is 2.08. The lowest BCUT2D eigenvalue weighted by molar-refractivity contribution is 0.311. The first-order chi connectivity index (χ1) is 10.1. The molecule has 1 N–H and O–H groups in total. The first-order valence-electron chi connectivity index (χ1n) is 6.62. The van der Waals surface area contributed by atoms with Gasteiger partial charge in [-0.1, -0.05) is 17.7 Å². The summed E-state index contributed by atoms with van der Waals surface area (Å²) in [6.07, 6.45) is 0. The van der Waals surface area contributed by atoms with E-state index in [9.17, 15) is 4.39 Å². The molecule has 0 saturated heterocycles. The molecule has 0 aliphatic rings. The minimum atomic E-state index is -0.325. The number of anilines is 1. The predicted octanol–water partition coefficient (Wildman–Crippen LogP) is 4.50. The van der Waals surface area contributed by atoms with Gasteiger partial charge < -0.3 is 14.8 Å². The molecule has 0 amide bonds.